The van der Waals surface area contributed by atoms with E-state index in [2.05, 4.69) is 0 Å². The Balaban J connectivity index is 0. The van der Waals surface area contributed by atoms with Crippen LogP contribution >= 0.6 is 0 Å². The average molecular weight is 200 g/mol. The Morgan fingerprint density at radius 2 is 1.07 bits per heavy atom. The van der Waals surface area contributed by atoms with Gasteiger partial charge in [-0.05, 0) is 27.7 Å². The van der Waals surface area contributed by atoms with Gasteiger partial charge in [-0.15, -0.1) is 0 Å². The van der Waals surface area contributed by atoms with Gasteiger partial charge in [-0.1, -0.05) is 12.2 Å². The van der Waals surface area contributed by atoms with E-state index >= 15 is 0 Å². The normalized spacial score (nSPS) is 11.4. The van der Waals surface area contributed by atoms with Crippen LogP contribution in [0.5, 0.6) is 0 Å². The zero-order chi connectivity index (χ0) is 11.7. The predicted molar refractivity (Wildman–Crippen MR) is 54.1 cm³/mol. The first-order valence-electron chi connectivity index (χ1n) is 4.09. The molecule has 0 aliphatic heterocycles. The van der Waals surface area contributed by atoms with Crippen molar-refractivity contribution in [3.8, 4) is 0 Å². The summed E-state index contributed by atoms with van der Waals surface area (Å²) < 4.78 is 0. The van der Waals surface area contributed by atoms with E-state index in [4.69, 9.17) is 10.2 Å². The highest BCUT2D eigenvalue weighted by Crippen LogP contribution is 1.88. The molecule has 80 valence electrons. The molecule has 0 fully saturated rings. The number of allylic oxidation sites excluding steroid dienone is 2. The van der Waals surface area contributed by atoms with Crippen LogP contribution < -0.4 is 0 Å². The van der Waals surface area contributed by atoms with Crippen LogP contribution in [0.25, 0.3) is 0 Å². The maximum Gasteiger partial charge on any atom is 0.330 e. The summed E-state index contributed by atoms with van der Waals surface area (Å²) in [5, 5.41) is 16.2. The molecule has 0 atom stereocenters. The topological polar surface area (TPSA) is 74.6 Å². The van der Waals surface area contributed by atoms with E-state index in [1.54, 1.807) is 39.8 Å². The summed E-state index contributed by atoms with van der Waals surface area (Å²) in [6.07, 6.45) is 3.12. The maximum absolute atomic E-state index is 9.86. The molecule has 14 heavy (non-hydrogen) atoms. The zero-order valence-corrected chi connectivity index (χ0v) is 8.87. The molecule has 2 N–H and O–H groups in total. The summed E-state index contributed by atoms with van der Waals surface area (Å²) >= 11 is 0. The third-order valence-electron chi connectivity index (χ3n) is 1.54. The van der Waals surface area contributed by atoms with Crippen molar-refractivity contribution >= 4 is 11.9 Å². The van der Waals surface area contributed by atoms with Crippen LogP contribution in [0.4, 0.5) is 0 Å². The third-order valence-corrected chi connectivity index (χ3v) is 1.54. The second-order valence-corrected chi connectivity index (χ2v) is 2.55. The van der Waals surface area contributed by atoms with E-state index in [-0.39, 0.29) is 0 Å². The van der Waals surface area contributed by atoms with Gasteiger partial charge in [0.1, 0.15) is 0 Å². The van der Waals surface area contributed by atoms with Crippen molar-refractivity contribution < 1.29 is 19.8 Å². The van der Waals surface area contributed by atoms with Crippen LogP contribution in [0.15, 0.2) is 23.3 Å². The largest absolute Gasteiger partial charge is 0.478 e. The molecule has 4 nitrogen and oxygen atoms in total. The minimum absolute atomic E-state index is 0.389. The summed E-state index contributed by atoms with van der Waals surface area (Å²) in [6.45, 7) is 6.51. The van der Waals surface area contributed by atoms with E-state index in [9.17, 15) is 9.59 Å². The van der Waals surface area contributed by atoms with Crippen molar-refractivity contribution in [2.24, 2.45) is 0 Å². The van der Waals surface area contributed by atoms with Crippen LogP contribution in [-0.2, 0) is 9.59 Å². The molecule has 0 aromatic rings. The highest BCUT2D eigenvalue weighted by atomic mass is 16.4. The smallest absolute Gasteiger partial charge is 0.330 e. The molecule has 0 amide bonds. The summed E-state index contributed by atoms with van der Waals surface area (Å²) in [7, 11) is 0. The number of hydrogen-bond donors (Lipinski definition) is 2. The van der Waals surface area contributed by atoms with Gasteiger partial charge in [0.05, 0.1) is 0 Å². The standard InChI is InChI=1S/2C5H8O2/c2*1-3-4(2)5(6)7/h2*3H,1-2H3,(H,6,7)/b2*4-3-. The number of carbonyl (C=O) groups is 2. The average Bonchev–Trinajstić information content (AvgIpc) is 2.15. The second kappa shape index (κ2) is 8.04. The van der Waals surface area contributed by atoms with Crippen LogP contribution in [0, 0.1) is 0 Å². The number of carboxylic acids is 2. The number of carboxylic acid groups (broad SMARTS) is 2. The molecule has 0 radical (unpaired) electrons. The summed E-state index contributed by atoms with van der Waals surface area (Å²) in [6, 6.07) is 0. The van der Waals surface area contributed by atoms with E-state index in [1.165, 1.54) is 0 Å². The predicted octanol–water partition coefficient (Wildman–Crippen LogP) is 2.07. The lowest BCUT2D eigenvalue weighted by atomic mass is 10.3. The number of aliphatic carboxylic acids is 2. The maximum atomic E-state index is 9.86. The van der Waals surface area contributed by atoms with E-state index in [0.717, 1.165) is 0 Å². The molecule has 0 aliphatic rings. The molecule has 0 unspecified atom stereocenters. The molecule has 0 bridgehead atoms. The van der Waals surface area contributed by atoms with Gasteiger partial charge < -0.3 is 10.2 Å². The van der Waals surface area contributed by atoms with Crippen LogP contribution in [-0.4, -0.2) is 22.2 Å². The summed E-state index contributed by atoms with van der Waals surface area (Å²) in [5.41, 5.74) is 0.778. The van der Waals surface area contributed by atoms with Gasteiger partial charge >= 0.3 is 11.9 Å². The molecule has 0 aromatic carbocycles. The Kier molecular flexibility index (Phi) is 8.57. The molecule has 0 saturated carbocycles. The molecular weight excluding hydrogens is 184 g/mol. The molecule has 0 aliphatic carbocycles. The lowest BCUT2D eigenvalue weighted by Gasteiger charge is -1.84. The molecule has 0 saturated heterocycles. The van der Waals surface area contributed by atoms with Crippen LogP contribution in [0.2, 0.25) is 0 Å². The quantitative estimate of drug-likeness (QED) is 0.669. The highest BCUT2D eigenvalue weighted by molar-refractivity contribution is 5.85. The van der Waals surface area contributed by atoms with Crippen molar-refractivity contribution in [1.29, 1.82) is 0 Å². The first kappa shape index (κ1) is 14.9. The first-order valence-corrected chi connectivity index (χ1v) is 4.09. The SMILES string of the molecule is C/C=C(/C)C(=O)O.C/C=C(/C)C(=O)O. The van der Waals surface area contributed by atoms with Gasteiger partial charge in [0.15, 0.2) is 0 Å². The summed E-state index contributed by atoms with van der Waals surface area (Å²) in [4.78, 5) is 19.7. The van der Waals surface area contributed by atoms with Crippen LogP contribution in [0.1, 0.15) is 27.7 Å². The molecule has 0 spiro atoms. The highest BCUT2D eigenvalue weighted by Gasteiger charge is 1.93. The monoisotopic (exact) mass is 200 g/mol. The van der Waals surface area contributed by atoms with Gasteiger partial charge in [0, 0.05) is 11.1 Å². The fraction of sp³-hybridized carbons (Fsp3) is 0.400. The van der Waals surface area contributed by atoms with Crippen molar-refractivity contribution in [3.05, 3.63) is 23.3 Å². The fourth-order valence-electron chi connectivity index (χ4n) is 0.247. The molecule has 4 heteroatoms. The Hall–Kier alpha value is -1.58. The number of hydrogen-bond acceptors (Lipinski definition) is 2. The Bertz CT molecular complexity index is 233. The first-order chi connectivity index (χ1) is 6.36. The minimum Gasteiger partial charge on any atom is -0.478 e. The number of rotatable bonds is 2. The Labute approximate surface area is 83.6 Å². The molecule has 0 rings (SSSR count). The van der Waals surface area contributed by atoms with E-state index < -0.39 is 11.9 Å². The van der Waals surface area contributed by atoms with E-state index in [1.807, 2.05) is 0 Å². The summed E-state index contributed by atoms with van der Waals surface area (Å²) in [5.74, 6) is -1.69. The van der Waals surface area contributed by atoms with E-state index in [0.29, 0.717) is 11.1 Å². The van der Waals surface area contributed by atoms with Gasteiger partial charge in [-0.25, -0.2) is 9.59 Å². The molecule has 0 heterocycles. The van der Waals surface area contributed by atoms with Gasteiger partial charge in [-0.3, -0.25) is 0 Å². The lowest BCUT2D eigenvalue weighted by molar-refractivity contribution is -0.133. The second-order valence-electron chi connectivity index (χ2n) is 2.55. The van der Waals surface area contributed by atoms with Gasteiger partial charge in [0.2, 0.25) is 0 Å². The van der Waals surface area contributed by atoms with Gasteiger partial charge in [0.25, 0.3) is 0 Å². The lowest BCUT2D eigenvalue weighted by Crippen LogP contribution is -1.93. The Morgan fingerprint density at radius 3 is 1.07 bits per heavy atom. The van der Waals surface area contributed by atoms with Gasteiger partial charge in [-0.2, -0.15) is 0 Å². The molecular formula is C10H16O4. The van der Waals surface area contributed by atoms with Crippen molar-refractivity contribution in [2.75, 3.05) is 0 Å². The fourth-order valence-corrected chi connectivity index (χ4v) is 0.247. The molecule has 0 aromatic heterocycles. The zero-order valence-electron chi connectivity index (χ0n) is 8.87. The van der Waals surface area contributed by atoms with Crippen molar-refractivity contribution in [3.63, 3.8) is 0 Å². The third kappa shape index (κ3) is 8.52. The van der Waals surface area contributed by atoms with Crippen LogP contribution in [0.3, 0.4) is 0 Å². The van der Waals surface area contributed by atoms with Crippen molar-refractivity contribution in [1.82, 2.24) is 0 Å². The Morgan fingerprint density at radius 1 is 0.857 bits per heavy atom. The minimum atomic E-state index is -0.845. The van der Waals surface area contributed by atoms with Crippen molar-refractivity contribution in [2.45, 2.75) is 27.7 Å².